The van der Waals surface area contributed by atoms with E-state index in [4.69, 9.17) is 4.74 Å². The number of aliphatic hydroxyl groups excluding tert-OH is 2. The molecule has 0 saturated heterocycles. The highest BCUT2D eigenvalue weighted by atomic mass is 16.5. The van der Waals surface area contributed by atoms with Crippen LogP contribution in [0.1, 0.15) is 32.3 Å². The molecule has 2 N–H and O–H groups in total. The molecule has 0 aliphatic carbocycles. The Morgan fingerprint density at radius 1 is 1.25 bits per heavy atom. The van der Waals surface area contributed by atoms with Gasteiger partial charge in [0.15, 0.2) is 0 Å². The van der Waals surface area contributed by atoms with Gasteiger partial charge in [-0.15, -0.1) is 6.58 Å². The molecular weight excluding hydrogens is 252 g/mol. The van der Waals surface area contributed by atoms with Crippen LogP contribution >= 0.6 is 0 Å². The third-order valence-electron chi connectivity index (χ3n) is 3.42. The van der Waals surface area contributed by atoms with Crippen LogP contribution in [0.15, 0.2) is 43.0 Å². The van der Waals surface area contributed by atoms with Crippen molar-refractivity contribution in [3.8, 4) is 0 Å². The number of aliphatic hydroxyl groups is 2. The van der Waals surface area contributed by atoms with Gasteiger partial charge in [-0.1, -0.05) is 50.3 Å². The predicted molar refractivity (Wildman–Crippen MR) is 81.3 cm³/mol. The Hall–Kier alpha value is -1.16. The van der Waals surface area contributed by atoms with E-state index in [9.17, 15) is 10.2 Å². The Morgan fingerprint density at radius 2 is 1.90 bits per heavy atom. The highest BCUT2D eigenvalue weighted by Gasteiger charge is 2.29. The molecule has 0 heterocycles. The van der Waals surface area contributed by atoms with Crippen LogP contribution in [-0.2, 0) is 11.3 Å². The highest BCUT2D eigenvalue weighted by Crippen LogP contribution is 2.25. The van der Waals surface area contributed by atoms with Gasteiger partial charge in [-0.05, 0) is 12.0 Å². The normalized spacial score (nSPS) is 14.8. The topological polar surface area (TPSA) is 49.7 Å². The van der Waals surface area contributed by atoms with E-state index in [1.807, 2.05) is 44.2 Å². The fraction of sp³-hybridized carbons (Fsp3) is 0.529. The lowest BCUT2D eigenvalue weighted by molar-refractivity contribution is -0.0480. The molecule has 2 atom stereocenters. The second-order valence-corrected chi connectivity index (χ2v) is 5.90. The van der Waals surface area contributed by atoms with Gasteiger partial charge >= 0.3 is 0 Å². The number of hydrogen-bond acceptors (Lipinski definition) is 3. The van der Waals surface area contributed by atoms with E-state index in [0.29, 0.717) is 26.1 Å². The van der Waals surface area contributed by atoms with E-state index in [1.165, 1.54) is 0 Å². The summed E-state index contributed by atoms with van der Waals surface area (Å²) in [6.07, 6.45) is 1.35. The van der Waals surface area contributed by atoms with Crippen molar-refractivity contribution in [2.45, 2.75) is 45.5 Å². The third-order valence-corrected chi connectivity index (χ3v) is 3.42. The summed E-state index contributed by atoms with van der Waals surface area (Å²) in [6, 6.07) is 9.95. The monoisotopic (exact) mass is 278 g/mol. The molecule has 0 saturated carbocycles. The van der Waals surface area contributed by atoms with Crippen LogP contribution < -0.4 is 0 Å². The van der Waals surface area contributed by atoms with Crippen molar-refractivity contribution in [3.05, 3.63) is 48.6 Å². The molecule has 0 aromatic heterocycles. The molecule has 0 fully saturated rings. The Bertz CT molecular complexity index is 386. The Labute approximate surface area is 121 Å². The summed E-state index contributed by atoms with van der Waals surface area (Å²) in [4.78, 5) is 0. The van der Waals surface area contributed by atoms with Crippen molar-refractivity contribution >= 4 is 0 Å². The molecule has 1 aromatic carbocycles. The molecule has 0 unspecified atom stereocenters. The van der Waals surface area contributed by atoms with Crippen molar-refractivity contribution < 1.29 is 14.9 Å². The van der Waals surface area contributed by atoms with Gasteiger partial charge in [-0.2, -0.15) is 0 Å². The molecular formula is C17H26O3. The number of hydrogen-bond donors (Lipinski definition) is 2. The standard InChI is InChI=1S/C17H26O3/c1-4-8-15(18)11-16(19)17(2,3)13-20-12-14-9-6-5-7-10-14/h4-7,9-10,15-16,18-19H,1,8,11-13H2,2-3H3/t15-,16-/m1/s1. The summed E-state index contributed by atoms with van der Waals surface area (Å²) >= 11 is 0. The van der Waals surface area contributed by atoms with Crippen LogP contribution in [0.5, 0.6) is 0 Å². The van der Waals surface area contributed by atoms with Crippen LogP contribution in [0.3, 0.4) is 0 Å². The smallest absolute Gasteiger partial charge is 0.0717 e. The maximum absolute atomic E-state index is 10.2. The van der Waals surface area contributed by atoms with Crippen molar-refractivity contribution in [3.63, 3.8) is 0 Å². The van der Waals surface area contributed by atoms with Crippen molar-refractivity contribution in [2.24, 2.45) is 5.41 Å². The van der Waals surface area contributed by atoms with Crippen molar-refractivity contribution in [2.75, 3.05) is 6.61 Å². The minimum absolute atomic E-state index is 0.341. The van der Waals surface area contributed by atoms with Gasteiger partial charge in [0.25, 0.3) is 0 Å². The average molecular weight is 278 g/mol. The van der Waals surface area contributed by atoms with Gasteiger partial charge in [0.1, 0.15) is 0 Å². The van der Waals surface area contributed by atoms with Crippen LogP contribution in [0.4, 0.5) is 0 Å². The fourth-order valence-corrected chi connectivity index (χ4v) is 1.97. The van der Waals surface area contributed by atoms with Crippen LogP contribution in [0, 0.1) is 5.41 Å². The number of rotatable bonds is 9. The zero-order valence-electron chi connectivity index (χ0n) is 12.5. The van der Waals surface area contributed by atoms with E-state index >= 15 is 0 Å². The lowest BCUT2D eigenvalue weighted by Gasteiger charge is -2.31. The molecule has 20 heavy (non-hydrogen) atoms. The molecule has 0 aliphatic rings. The molecule has 0 bridgehead atoms. The van der Waals surface area contributed by atoms with E-state index in [-0.39, 0.29) is 0 Å². The zero-order valence-corrected chi connectivity index (χ0v) is 12.5. The van der Waals surface area contributed by atoms with Gasteiger partial charge in [0.2, 0.25) is 0 Å². The largest absolute Gasteiger partial charge is 0.393 e. The first-order chi connectivity index (χ1) is 9.45. The zero-order chi connectivity index (χ0) is 15.0. The predicted octanol–water partition coefficient (Wildman–Crippen LogP) is 2.92. The molecule has 1 aromatic rings. The van der Waals surface area contributed by atoms with Gasteiger partial charge in [-0.3, -0.25) is 0 Å². The molecule has 0 aliphatic heterocycles. The van der Waals surface area contributed by atoms with E-state index in [1.54, 1.807) is 6.08 Å². The highest BCUT2D eigenvalue weighted by molar-refractivity contribution is 5.13. The summed E-state index contributed by atoms with van der Waals surface area (Å²) in [5.41, 5.74) is 0.723. The minimum atomic E-state index is -0.603. The Morgan fingerprint density at radius 3 is 2.50 bits per heavy atom. The van der Waals surface area contributed by atoms with Crippen LogP contribution in [-0.4, -0.2) is 29.0 Å². The summed E-state index contributed by atoms with van der Waals surface area (Å²) in [5.74, 6) is 0. The minimum Gasteiger partial charge on any atom is -0.393 e. The Balaban J connectivity index is 2.38. The summed E-state index contributed by atoms with van der Waals surface area (Å²) in [5, 5.41) is 19.9. The van der Waals surface area contributed by atoms with Crippen LogP contribution in [0.2, 0.25) is 0 Å². The van der Waals surface area contributed by atoms with Gasteiger partial charge in [0, 0.05) is 11.8 Å². The molecule has 112 valence electrons. The van der Waals surface area contributed by atoms with Crippen molar-refractivity contribution in [1.82, 2.24) is 0 Å². The lowest BCUT2D eigenvalue weighted by atomic mass is 9.84. The summed E-state index contributed by atoms with van der Waals surface area (Å²) < 4.78 is 5.69. The second kappa shape index (κ2) is 8.20. The van der Waals surface area contributed by atoms with Crippen LogP contribution in [0.25, 0.3) is 0 Å². The van der Waals surface area contributed by atoms with Crippen molar-refractivity contribution in [1.29, 1.82) is 0 Å². The summed E-state index contributed by atoms with van der Waals surface area (Å²) in [6.45, 7) is 8.46. The third kappa shape index (κ3) is 5.87. The van der Waals surface area contributed by atoms with E-state index in [2.05, 4.69) is 6.58 Å². The number of ether oxygens (including phenoxy) is 1. The molecule has 3 heteroatoms. The first kappa shape index (κ1) is 16.9. The molecule has 1 rings (SSSR count). The molecule has 0 radical (unpaired) electrons. The Kier molecular flexibility index (Phi) is 6.93. The van der Waals surface area contributed by atoms with Gasteiger partial charge in [0.05, 0.1) is 25.4 Å². The lowest BCUT2D eigenvalue weighted by Crippen LogP contribution is -2.36. The SMILES string of the molecule is C=CC[C@@H](O)C[C@@H](O)C(C)(C)COCc1ccccc1. The van der Waals surface area contributed by atoms with Gasteiger partial charge in [-0.25, -0.2) is 0 Å². The summed E-state index contributed by atoms with van der Waals surface area (Å²) in [7, 11) is 0. The molecule has 0 amide bonds. The molecule has 0 spiro atoms. The first-order valence-corrected chi connectivity index (χ1v) is 7.04. The maximum Gasteiger partial charge on any atom is 0.0717 e. The van der Waals surface area contributed by atoms with E-state index in [0.717, 1.165) is 5.56 Å². The quantitative estimate of drug-likeness (QED) is 0.683. The number of benzene rings is 1. The molecule has 3 nitrogen and oxygen atoms in total. The fourth-order valence-electron chi connectivity index (χ4n) is 1.97. The van der Waals surface area contributed by atoms with E-state index < -0.39 is 17.6 Å². The maximum atomic E-state index is 10.2. The second-order valence-electron chi connectivity index (χ2n) is 5.90. The first-order valence-electron chi connectivity index (χ1n) is 7.04. The average Bonchev–Trinajstić information content (AvgIpc) is 2.40. The van der Waals surface area contributed by atoms with Gasteiger partial charge < -0.3 is 14.9 Å².